The number of para-hydroxylation sites is 2. The molecule has 2 aromatic heterocycles. The van der Waals surface area contributed by atoms with E-state index in [9.17, 15) is 0 Å². The van der Waals surface area contributed by atoms with E-state index in [1.807, 2.05) is 90.1 Å². The summed E-state index contributed by atoms with van der Waals surface area (Å²) in [5, 5.41) is 1.19. The third-order valence-corrected chi connectivity index (χ3v) is 24.0. The molecule has 8 heterocycles. The van der Waals surface area contributed by atoms with Crippen LogP contribution in [0.15, 0.2) is 170 Å². The maximum absolute atomic E-state index is 17.6. The van der Waals surface area contributed by atoms with Gasteiger partial charge in [-0.25, -0.2) is 26.3 Å². The zero-order chi connectivity index (χ0) is 69.6. The van der Waals surface area contributed by atoms with Crippen molar-refractivity contribution in [2.75, 3.05) is 9.80 Å². The Kier molecular flexibility index (Phi) is 12.9. The molecule has 0 saturated heterocycles. The largest absolute Gasteiger partial charge is 0.458 e. The Bertz CT molecular complexity index is 6140. The summed E-state index contributed by atoms with van der Waals surface area (Å²) in [4.78, 5) is 3.33. The van der Waals surface area contributed by atoms with Crippen LogP contribution in [0.25, 0.3) is 53.6 Å². The standard InChI is InChI=1S/C85H55B3F6N2O4S2/c1-38-20-41(4)74(42(5)21-38)47-26-64-77-68(28-47)97-66-37-63-55(87-78-65(96(63)81-60(93)14-11-15-61(81)94)27-48(75-43(6)22-39(2)23-44(75)7)29-69(78)99-82-52-32-50(89)16-18-72(52)101-84(82)87)35-56(66)86(77)54-34-57-67(36-62(54)95(64)80-58(91)12-10-13-59(80)92)98-70-30-49(76-45(8)24-40(3)25-46(76)9)31-71-79(70)88(57)85-83(100-71)53-33-51(90)17-19-73(53)102-85/h10-37H,1-9H3. The molecule has 0 saturated carbocycles. The van der Waals surface area contributed by atoms with Crippen molar-refractivity contribution >= 4 is 145 Å². The van der Waals surface area contributed by atoms with Gasteiger partial charge in [0.1, 0.15) is 92.3 Å². The average Bonchev–Trinajstić information content (AvgIpc) is 0.960. The van der Waals surface area contributed by atoms with E-state index in [-0.39, 0.29) is 11.4 Å². The SMILES string of the molecule is Cc1cc(C)c(-c2cc3c4c(c2)Oc2c(sc5ccc(F)cc25)B4c2cc4c(cc2O3)N(c2c(F)cccc2F)c2cc(-c3c(C)cc(C)cc3C)cc3c2B4c2cc4c(cc2O3)N(c2c(F)cccc2F)c2cc(-c3c(C)cc(C)cc3C)cc3c2B4c2sc4ccc(F)cc4c2O3)c(C)c1. The van der Waals surface area contributed by atoms with Gasteiger partial charge in [-0.1, -0.05) is 77.4 Å². The summed E-state index contributed by atoms with van der Waals surface area (Å²) in [7, 11) is 0. The number of benzene rings is 12. The third kappa shape index (κ3) is 8.64. The number of ether oxygens (including phenoxy) is 4. The van der Waals surface area contributed by atoms with E-state index in [0.29, 0.717) is 112 Å². The van der Waals surface area contributed by atoms with E-state index in [1.54, 1.807) is 21.9 Å². The van der Waals surface area contributed by atoms with Crippen molar-refractivity contribution in [2.24, 2.45) is 0 Å². The Morgan fingerprint density at radius 2 is 0.657 bits per heavy atom. The van der Waals surface area contributed by atoms with Crippen molar-refractivity contribution in [1.82, 2.24) is 0 Å². The molecule has 20 rings (SSSR count). The molecule has 0 fully saturated rings. The Balaban J connectivity index is 0.902. The van der Waals surface area contributed by atoms with Crippen LogP contribution < -0.4 is 76.5 Å². The number of nitrogens with zero attached hydrogens (tertiary/aromatic N) is 2. The molecule has 0 spiro atoms. The molecule has 12 aromatic carbocycles. The van der Waals surface area contributed by atoms with Gasteiger partial charge in [0.2, 0.25) is 0 Å². The van der Waals surface area contributed by atoms with E-state index in [0.717, 1.165) is 108 Å². The van der Waals surface area contributed by atoms with E-state index in [4.69, 9.17) is 18.9 Å². The van der Waals surface area contributed by atoms with Crippen LogP contribution in [0.3, 0.4) is 0 Å². The van der Waals surface area contributed by atoms with Crippen molar-refractivity contribution in [3.8, 4) is 79.4 Å². The topological polar surface area (TPSA) is 43.4 Å². The van der Waals surface area contributed by atoms with Crippen LogP contribution in [0.5, 0.6) is 46.0 Å². The number of halogens is 6. The first kappa shape index (κ1) is 61.0. The minimum atomic E-state index is -0.814. The van der Waals surface area contributed by atoms with Gasteiger partial charge in [-0.2, -0.15) is 0 Å². The molecule has 0 aliphatic carbocycles. The number of thiophene rings is 2. The summed E-state index contributed by atoms with van der Waals surface area (Å²) in [6.45, 7) is 16.5. The van der Waals surface area contributed by atoms with Crippen LogP contribution >= 0.6 is 22.7 Å². The first-order chi connectivity index (χ1) is 49.2. The summed E-state index contributed by atoms with van der Waals surface area (Å²) in [5.74, 6) is -0.463. The molecule has 0 bridgehead atoms. The van der Waals surface area contributed by atoms with Crippen molar-refractivity contribution in [2.45, 2.75) is 62.3 Å². The second kappa shape index (κ2) is 21.6. The molecule has 14 aromatic rings. The highest BCUT2D eigenvalue weighted by Gasteiger charge is 2.51. The van der Waals surface area contributed by atoms with Crippen LogP contribution in [-0.2, 0) is 0 Å². The first-order valence-electron chi connectivity index (χ1n) is 34.0. The van der Waals surface area contributed by atoms with Crippen LogP contribution in [0.2, 0.25) is 0 Å². The fourth-order valence-electron chi connectivity index (χ4n) is 18.1. The Hall–Kier alpha value is -10.9. The van der Waals surface area contributed by atoms with Gasteiger partial charge in [0, 0.05) is 70.1 Å². The molecule has 0 N–H and O–H groups in total. The van der Waals surface area contributed by atoms with Gasteiger partial charge in [-0.15, -0.1) is 22.7 Å². The van der Waals surface area contributed by atoms with E-state index < -0.39 is 55.0 Å². The molecule has 0 radical (unpaired) electrons. The van der Waals surface area contributed by atoms with Gasteiger partial charge in [0.05, 0.1) is 0 Å². The number of rotatable bonds is 5. The van der Waals surface area contributed by atoms with Gasteiger partial charge in [-0.3, -0.25) is 0 Å². The van der Waals surface area contributed by atoms with Crippen molar-refractivity contribution < 1.29 is 45.3 Å². The van der Waals surface area contributed by atoms with Crippen LogP contribution in [-0.4, -0.2) is 20.1 Å². The van der Waals surface area contributed by atoms with Crippen molar-refractivity contribution in [3.63, 3.8) is 0 Å². The molecule has 102 heavy (non-hydrogen) atoms. The van der Waals surface area contributed by atoms with Gasteiger partial charge in [0.25, 0.3) is 20.1 Å². The zero-order valence-electron chi connectivity index (χ0n) is 56.5. The molecule has 6 aliphatic rings. The summed E-state index contributed by atoms with van der Waals surface area (Å²) >= 11 is 2.97. The Morgan fingerprint density at radius 3 is 1.08 bits per heavy atom. The monoisotopic (exact) mass is 1380 g/mol. The van der Waals surface area contributed by atoms with Gasteiger partial charge >= 0.3 is 0 Å². The minimum absolute atomic E-state index is 0.322. The predicted molar refractivity (Wildman–Crippen MR) is 405 cm³/mol. The highest BCUT2D eigenvalue weighted by Crippen LogP contribution is 2.53. The molecular weight excluding hydrogens is 1320 g/mol. The highest BCUT2D eigenvalue weighted by atomic mass is 32.1. The molecule has 0 unspecified atom stereocenters. The lowest BCUT2D eigenvalue weighted by atomic mass is 9.30. The second-order valence-electron chi connectivity index (χ2n) is 28.3. The number of aryl methyl sites for hydroxylation is 9. The Labute approximate surface area is 592 Å². The highest BCUT2D eigenvalue weighted by molar-refractivity contribution is 7.34. The van der Waals surface area contributed by atoms with Gasteiger partial charge in [0.15, 0.2) is 0 Å². The van der Waals surface area contributed by atoms with Crippen molar-refractivity contribution in [3.05, 3.63) is 255 Å². The van der Waals surface area contributed by atoms with Crippen LogP contribution in [0.4, 0.5) is 60.5 Å². The lowest BCUT2D eigenvalue weighted by molar-refractivity contribution is 0.468. The molecule has 492 valence electrons. The summed E-state index contributed by atoms with van der Waals surface area (Å²) in [5.41, 5.74) is 20.1. The normalized spacial score (nSPS) is 13.7. The molecule has 17 heteroatoms. The van der Waals surface area contributed by atoms with Crippen LogP contribution in [0.1, 0.15) is 50.1 Å². The van der Waals surface area contributed by atoms with Gasteiger partial charge < -0.3 is 28.7 Å². The first-order valence-corrected chi connectivity index (χ1v) is 35.6. The van der Waals surface area contributed by atoms with Gasteiger partial charge in [-0.05, 0) is 259 Å². The molecule has 0 amide bonds. The van der Waals surface area contributed by atoms with E-state index in [2.05, 4.69) is 69.3 Å². The predicted octanol–water partition coefficient (Wildman–Crippen LogP) is 18.3. The number of hydrogen-bond donors (Lipinski definition) is 0. The maximum Gasteiger partial charge on any atom is 0.273 e. The van der Waals surface area contributed by atoms with Crippen LogP contribution in [0, 0.1) is 97.2 Å². The minimum Gasteiger partial charge on any atom is -0.458 e. The molecular formula is C85H55B3F6N2O4S2. The number of fused-ring (bicyclic) bond motifs is 16. The molecule has 6 aliphatic heterocycles. The fourth-order valence-corrected chi connectivity index (χ4v) is 20.6. The summed E-state index contributed by atoms with van der Waals surface area (Å²) < 4.78 is 134. The number of anilines is 6. The summed E-state index contributed by atoms with van der Waals surface area (Å²) in [6.07, 6.45) is 0. The lowest BCUT2D eigenvalue weighted by Gasteiger charge is -2.43. The fraction of sp³-hybridized carbons (Fsp3) is 0.106. The average molecular weight is 1380 g/mol. The van der Waals surface area contributed by atoms with E-state index in [1.165, 1.54) is 83.3 Å². The summed E-state index contributed by atoms with van der Waals surface area (Å²) in [6, 6.07) is 49.9. The zero-order valence-corrected chi connectivity index (χ0v) is 58.1. The second-order valence-corrected chi connectivity index (χ2v) is 30.5. The van der Waals surface area contributed by atoms with E-state index >= 15 is 26.3 Å². The smallest absolute Gasteiger partial charge is 0.273 e. The lowest BCUT2D eigenvalue weighted by Crippen LogP contribution is -2.64. The quantitative estimate of drug-likeness (QED) is 0.126. The third-order valence-electron chi connectivity index (χ3n) is 21.6. The number of hydrogen-bond acceptors (Lipinski definition) is 8. The Morgan fingerprint density at radius 1 is 0.314 bits per heavy atom. The molecule has 0 atom stereocenters. The maximum atomic E-state index is 17.6. The molecule has 6 nitrogen and oxygen atoms in total. The van der Waals surface area contributed by atoms with Crippen molar-refractivity contribution in [1.29, 1.82) is 0 Å².